The van der Waals surface area contributed by atoms with Crippen molar-refractivity contribution in [1.82, 2.24) is 9.55 Å². The van der Waals surface area contributed by atoms with Gasteiger partial charge in [0, 0.05) is 5.02 Å². The predicted octanol–water partition coefficient (Wildman–Crippen LogP) is 6.12. The number of hydrogen-bond donors (Lipinski definition) is 0. The minimum absolute atomic E-state index is 0.304. The van der Waals surface area contributed by atoms with Crippen molar-refractivity contribution in [1.29, 1.82) is 0 Å². The first kappa shape index (κ1) is 23.6. The first-order valence-corrected chi connectivity index (χ1v) is 11.5. The van der Waals surface area contributed by atoms with Gasteiger partial charge in [0.15, 0.2) is 0 Å². The van der Waals surface area contributed by atoms with Crippen molar-refractivity contribution in [3.63, 3.8) is 0 Å². The number of para-hydroxylation sites is 1. The maximum absolute atomic E-state index is 12.0. The van der Waals surface area contributed by atoms with E-state index in [9.17, 15) is 4.79 Å². The highest BCUT2D eigenvalue weighted by molar-refractivity contribution is 6.31. The molecule has 7 heteroatoms. The summed E-state index contributed by atoms with van der Waals surface area (Å²) in [5, 5.41) is 0.655. The van der Waals surface area contributed by atoms with Crippen LogP contribution in [-0.4, -0.2) is 29.2 Å². The minimum Gasteiger partial charge on any atom is -0.494 e. The number of rotatable bonds is 8. The number of fused-ring (bicyclic) bond motifs is 1. The van der Waals surface area contributed by atoms with Crippen LogP contribution in [-0.2, 0) is 17.9 Å². The Balaban J connectivity index is 1.64. The second kappa shape index (κ2) is 10.2. The summed E-state index contributed by atoms with van der Waals surface area (Å²) >= 11 is 6.55. The molecule has 34 heavy (non-hydrogen) atoms. The Bertz CT molecular complexity index is 1350. The molecule has 0 aliphatic heterocycles. The third kappa shape index (κ3) is 4.87. The molecule has 0 saturated heterocycles. The highest BCUT2D eigenvalue weighted by atomic mass is 35.5. The maximum atomic E-state index is 12.0. The van der Waals surface area contributed by atoms with Gasteiger partial charge in [-0.25, -0.2) is 9.78 Å². The second-order valence-electron chi connectivity index (χ2n) is 7.99. The van der Waals surface area contributed by atoms with Gasteiger partial charge < -0.3 is 18.8 Å². The molecule has 0 fully saturated rings. The average molecular weight is 479 g/mol. The van der Waals surface area contributed by atoms with Crippen LogP contribution < -0.4 is 9.47 Å². The van der Waals surface area contributed by atoms with E-state index in [1.165, 1.54) is 7.11 Å². The lowest BCUT2D eigenvalue weighted by atomic mass is 10.1. The molecule has 0 bridgehead atoms. The van der Waals surface area contributed by atoms with E-state index in [2.05, 4.69) is 16.7 Å². The third-order valence-corrected chi connectivity index (χ3v) is 6.00. The van der Waals surface area contributed by atoms with Crippen LogP contribution in [0.5, 0.6) is 11.5 Å². The van der Waals surface area contributed by atoms with Crippen LogP contribution in [0.25, 0.3) is 11.0 Å². The average Bonchev–Trinajstić information content (AvgIpc) is 3.15. The molecule has 1 heterocycles. The molecular weight excluding hydrogens is 452 g/mol. The molecular formula is C27H27ClN2O4. The smallest absolute Gasteiger partial charge is 0.341 e. The number of esters is 1. The third-order valence-electron chi connectivity index (χ3n) is 5.65. The lowest BCUT2D eigenvalue weighted by Crippen LogP contribution is -2.06. The van der Waals surface area contributed by atoms with Gasteiger partial charge in [0.1, 0.15) is 29.5 Å². The molecule has 0 saturated carbocycles. The first-order chi connectivity index (χ1) is 16.4. The van der Waals surface area contributed by atoms with E-state index in [0.717, 1.165) is 39.3 Å². The SMILES string of the molecule is CCOc1ccc(Cn2c(C)nc3c(C)cc(COc4ccccc4C(=O)OC)cc32)c(Cl)c1. The Labute approximate surface area is 204 Å². The molecule has 4 aromatic rings. The van der Waals surface area contributed by atoms with Gasteiger partial charge in [-0.2, -0.15) is 0 Å². The van der Waals surface area contributed by atoms with Gasteiger partial charge in [-0.05, 0) is 67.8 Å². The molecule has 4 rings (SSSR count). The highest BCUT2D eigenvalue weighted by Gasteiger charge is 2.15. The number of halogens is 1. The summed E-state index contributed by atoms with van der Waals surface area (Å²) in [6, 6.07) is 17.0. The van der Waals surface area contributed by atoms with Gasteiger partial charge in [0.2, 0.25) is 0 Å². The molecule has 1 aromatic heterocycles. The number of hydrogen-bond acceptors (Lipinski definition) is 5. The number of methoxy groups -OCH3 is 1. The van der Waals surface area contributed by atoms with Crippen molar-refractivity contribution in [2.45, 2.75) is 33.9 Å². The minimum atomic E-state index is -0.428. The van der Waals surface area contributed by atoms with E-state index in [4.69, 9.17) is 30.8 Å². The zero-order valence-electron chi connectivity index (χ0n) is 19.7. The van der Waals surface area contributed by atoms with Crippen molar-refractivity contribution in [3.05, 3.63) is 87.7 Å². The number of carbonyl (C=O) groups excluding carboxylic acids is 1. The molecule has 0 N–H and O–H groups in total. The Morgan fingerprint density at radius 2 is 1.85 bits per heavy atom. The van der Waals surface area contributed by atoms with E-state index in [-0.39, 0.29) is 0 Å². The molecule has 0 radical (unpaired) electrons. The van der Waals surface area contributed by atoms with Crippen LogP contribution in [0.4, 0.5) is 0 Å². The fraction of sp³-hybridized carbons (Fsp3) is 0.259. The number of imidazole rings is 1. The molecule has 0 aliphatic rings. The van der Waals surface area contributed by atoms with Gasteiger partial charge in [0.05, 0.1) is 31.3 Å². The lowest BCUT2D eigenvalue weighted by molar-refractivity contribution is 0.0595. The summed E-state index contributed by atoms with van der Waals surface area (Å²) in [6.07, 6.45) is 0. The van der Waals surface area contributed by atoms with E-state index >= 15 is 0 Å². The Kier molecular flexibility index (Phi) is 7.08. The first-order valence-electron chi connectivity index (χ1n) is 11.1. The van der Waals surface area contributed by atoms with E-state index in [1.54, 1.807) is 18.2 Å². The maximum Gasteiger partial charge on any atom is 0.341 e. The fourth-order valence-electron chi connectivity index (χ4n) is 3.98. The number of nitrogens with zero attached hydrogens (tertiary/aromatic N) is 2. The van der Waals surface area contributed by atoms with Gasteiger partial charge in [-0.1, -0.05) is 35.9 Å². The molecule has 0 atom stereocenters. The number of aryl methyl sites for hydroxylation is 2. The molecule has 6 nitrogen and oxygen atoms in total. The zero-order chi connectivity index (χ0) is 24.2. The number of benzene rings is 3. The summed E-state index contributed by atoms with van der Waals surface area (Å²) in [5.41, 5.74) is 5.36. The molecule has 0 amide bonds. The summed E-state index contributed by atoms with van der Waals surface area (Å²) < 4.78 is 18.6. The standard InChI is InChI=1S/C27H27ClN2O4/c1-5-33-21-11-10-20(23(28)14-21)15-30-18(3)29-26-17(2)12-19(13-24(26)30)16-34-25-9-7-6-8-22(25)27(31)32-4/h6-14H,5,15-16H2,1-4H3. The largest absolute Gasteiger partial charge is 0.494 e. The fourth-order valence-corrected chi connectivity index (χ4v) is 4.21. The van der Waals surface area contributed by atoms with Crippen molar-refractivity contribution < 1.29 is 19.0 Å². The van der Waals surface area contributed by atoms with Crippen LogP contribution in [0.2, 0.25) is 5.02 Å². The Morgan fingerprint density at radius 1 is 1.06 bits per heavy atom. The van der Waals surface area contributed by atoms with Crippen LogP contribution >= 0.6 is 11.6 Å². The summed E-state index contributed by atoms with van der Waals surface area (Å²) in [4.78, 5) is 16.8. The van der Waals surface area contributed by atoms with Crippen molar-refractivity contribution in [2.75, 3.05) is 13.7 Å². The van der Waals surface area contributed by atoms with Gasteiger partial charge in [-0.15, -0.1) is 0 Å². The molecule has 176 valence electrons. The van der Waals surface area contributed by atoms with E-state index in [0.29, 0.717) is 36.1 Å². The monoisotopic (exact) mass is 478 g/mol. The number of aromatic nitrogens is 2. The normalized spacial score (nSPS) is 11.0. The quantitative estimate of drug-likeness (QED) is 0.285. The van der Waals surface area contributed by atoms with E-state index in [1.807, 2.05) is 45.0 Å². The van der Waals surface area contributed by atoms with Gasteiger partial charge >= 0.3 is 5.97 Å². The van der Waals surface area contributed by atoms with E-state index < -0.39 is 5.97 Å². The summed E-state index contributed by atoms with van der Waals surface area (Å²) in [5.74, 6) is 1.71. The second-order valence-corrected chi connectivity index (χ2v) is 8.40. The Hall–Kier alpha value is -3.51. The van der Waals surface area contributed by atoms with Crippen molar-refractivity contribution >= 4 is 28.6 Å². The summed E-state index contributed by atoms with van der Waals surface area (Å²) in [7, 11) is 1.36. The van der Waals surface area contributed by atoms with Crippen LogP contribution in [0.15, 0.2) is 54.6 Å². The number of ether oxygens (including phenoxy) is 3. The van der Waals surface area contributed by atoms with Crippen molar-refractivity contribution in [3.8, 4) is 11.5 Å². The molecule has 0 unspecified atom stereocenters. The molecule has 3 aromatic carbocycles. The summed E-state index contributed by atoms with van der Waals surface area (Å²) in [6.45, 7) is 7.45. The molecule has 0 spiro atoms. The van der Waals surface area contributed by atoms with Crippen LogP contribution in [0.3, 0.4) is 0 Å². The highest BCUT2D eigenvalue weighted by Crippen LogP contribution is 2.28. The lowest BCUT2D eigenvalue weighted by Gasteiger charge is -2.13. The molecule has 0 aliphatic carbocycles. The topological polar surface area (TPSA) is 62.6 Å². The van der Waals surface area contributed by atoms with Crippen molar-refractivity contribution in [2.24, 2.45) is 0 Å². The van der Waals surface area contributed by atoms with Gasteiger partial charge in [-0.3, -0.25) is 0 Å². The van der Waals surface area contributed by atoms with Gasteiger partial charge in [0.25, 0.3) is 0 Å². The zero-order valence-corrected chi connectivity index (χ0v) is 20.5. The number of carbonyl (C=O) groups is 1. The van der Waals surface area contributed by atoms with Crippen LogP contribution in [0.1, 0.15) is 39.8 Å². The Morgan fingerprint density at radius 3 is 2.59 bits per heavy atom. The predicted molar refractivity (Wildman–Crippen MR) is 133 cm³/mol. The van der Waals surface area contributed by atoms with Crippen LogP contribution in [0, 0.1) is 13.8 Å².